The number of carbonyl (C=O) groups is 2. The summed E-state index contributed by atoms with van der Waals surface area (Å²) in [5, 5.41) is 2.57. The van der Waals surface area contributed by atoms with Crippen LogP contribution in [0.3, 0.4) is 0 Å². The van der Waals surface area contributed by atoms with Crippen LogP contribution < -0.4 is 10.1 Å². The van der Waals surface area contributed by atoms with Gasteiger partial charge in [0.15, 0.2) is 0 Å². The molecule has 3 rings (SSSR count). The second-order valence-electron chi connectivity index (χ2n) is 8.26. The molecule has 33 heavy (non-hydrogen) atoms. The topological polar surface area (TPSA) is 96.0 Å². The number of piperidine rings is 1. The smallest absolute Gasteiger partial charge is 0.253 e. The van der Waals surface area contributed by atoms with Gasteiger partial charge in [0.25, 0.3) is 11.8 Å². The lowest BCUT2D eigenvalue weighted by Gasteiger charge is -2.32. The van der Waals surface area contributed by atoms with Crippen LogP contribution in [-0.4, -0.2) is 63.2 Å². The molecule has 1 N–H and O–H groups in total. The van der Waals surface area contributed by atoms with Crippen molar-refractivity contribution in [3.63, 3.8) is 0 Å². The number of hydrogen-bond acceptors (Lipinski definition) is 5. The monoisotopic (exact) mass is 473 g/mol. The summed E-state index contributed by atoms with van der Waals surface area (Å²) in [6.45, 7) is 2.67. The molecule has 2 aromatic rings. The number of methoxy groups -OCH3 is 1. The van der Waals surface area contributed by atoms with Crippen molar-refractivity contribution in [2.75, 3.05) is 27.7 Å². The summed E-state index contributed by atoms with van der Waals surface area (Å²) < 4.78 is 33.7. The van der Waals surface area contributed by atoms with Crippen molar-refractivity contribution in [2.24, 2.45) is 0 Å². The van der Waals surface area contributed by atoms with E-state index < -0.39 is 10.0 Å². The average Bonchev–Trinajstić information content (AvgIpc) is 2.83. The Morgan fingerprint density at radius 2 is 1.79 bits per heavy atom. The van der Waals surface area contributed by atoms with Crippen LogP contribution in [0.2, 0.25) is 0 Å². The zero-order valence-electron chi connectivity index (χ0n) is 19.5. The maximum Gasteiger partial charge on any atom is 0.253 e. The zero-order chi connectivity index (χ0) is 24.2. The van der Waals surface area contributed by atoms with Crippen LogP contribution >= 0.6 is 0 Å². The predicted molar refractivity (Wildman–Crippen MR) is 126 cm³/mol. The van der Waals surface area contributed by atoms with E-state index in [0.29, 0.717) is 18.7 Å². The van der Waals surface area contributed by atoms with Crippen molar-refractivity contribution >= 4 is 21.8 Å². The van der Waals surface area contributed by atoms with Crippen LogP contribution in [-0.2, 0) is 16.6 Å². The van der Waals surface area contributed by atoms with E-state index in [-0.39, 0.29) is 34.1 Å². The van der Waals surface area contributed by atoms with Crippen LogP contribution in [0.5, 0.6) is 5.75 Å². The highest BCUT2D eigenvalue weighted by Crippen LogP contribution is 2.32. The second kappa shape index (κ2) is 10.4. The Balaban J connectivity index is 1.84. The quantitative estimate of drug-likeness (QED) is 0.667. The summed E-state index contributed by atoms with van der Waals surface area (Å²) in [5.41, 5.74) is 1.65. The average molecular weight is 474 g/mol. The fraction of sp³-hybridized carbons (Fsp3) is 0.417. The number of amides is 2. The van der Waals surface area contributed by atoms with Gasteiger partial charge in [-0.3, -0.25) is 9.59 Å². The Labute approximate surface area is 195 Å². The van der Waals surface area contributed by atoms with Gasteiger partial charge in [0.05, 0.1) is 7.11 Å². The lowest BCUT2D eigenvalue weighted by molar-refractivity contribution is 0.0784. The number of nitrogens with zero attached hydrogens (tertiary/aromatic N) is 2. The first-order chi connectivity index (χ1) is 15.7. The molecule has 0 radical (unpaired) electrons. The molecule has 2 aromatic carbocycles. The Hall–Kier alpha value is -2.91. The minimum atomic E-state index is -3.81. The van der Waals surface area contributed by atoms with Crippen molar-refractivity contribution in [3.05, 3.63) is 59.2 Å². The normalized spacial score (nSPS) is 16.8. The molecule has 1 unspecified atom stereocenters. The molecule has 0 spiro atoms. The van der Waals surface area contributed by atoms with E-state index in [4.69, 9.17) is 4.74 Å². The molecule has 0 saturated carbocycles. The molecule has 1 atom stereocenters. The van der Waals surface area contributed by atoms with Crippen LogP contribution in [0.1, 0.15) is 52.5 Å². The van der Waals surface area contributed by atoms with Crippen molar-refractivity contribution < 1.29 is 22.7 Å². The molecule has 0 aromatic heterocycles. The molecule has 1 heterocycles. The number of hydrogen-bond donors (Lipinski definition) is 1. The molecule has 8 nitrogen and oxygen atoms in total. The maximum absolute atomic E-state index is 13.4. The van der Waals surface area contributed by atoms with Gasteiger partial charge in [0.2, 0.25) is 10.0 Å². The van der Waals surface area contributed by atoms with E-state index in [9.17, 15) is 18.0 Å². The van der Waals surface area contributed by atoms with Gasteiger partial charge in [-0.1, -0.05) is 18.6 Å². The molecule has 0 aliphatic carbocycles. The molecule has 1 aliphatic heterocycles. The lowest BCUT2D eigenvalue weighted by Crippen LogP contribution is -2.42. The maximum atomic E-state index is 13.4. The molecule has 2 amide bonds. The highest BCUT2D eigenvalue weighted by atomic mass is 32.2. The molecule has 9 heteroatoms. The van der Waals surface area contributed by atoms with E-state index >= 15 is 0 Å². The van der Waals surface area contributed by atoms with Gasteiger partial charge in [0, 0.05) is 44.4 Å². The third-order valence-electron chi connectivity index (χ3n) is 5.95. The van der Waals surface area contributed by atoms with Crippen LogP contribution in [0.4, 0.5) is 0 Å². The third-order valence-corrected chi connectivity index (χ3v) is 7.98. The van der Waals surface area contributed by atoms with Crippen LogP contribution in [0, 0.1) is 0 Å². The number of ether oxygens (including phenoxy) is 1. The summed E-state index contributed by atoms with van der Waals surface area (Å²) in [5.74, 6) is -0.270. The first kappa shape index (κ1) is 24.7. The van der Waals surface area contributed by atoms with Gasteiger partial charge in [-0.2, -0.15) is 4.31 Å². The first-order valence-corrected chi connectivity index (χ1v) is 12.4. The molecule has 1 fully saturated rings. The Morgan fingerprint density at radius 1 is 1.12 bits per heavy atom. The molecule has 1 aliphatic rings. The lowest BCUT2D eigenvalue weighted by atomic mass is 10.1. The van der Waals surface area contributed by atoms with Crippen molar-refractivity contribution in [1.82, 2.24) is 14.5 Å². The molecule has 0 bridgehead atoms. The van der Waals surface area contributed by atoms with Gasteiger partial charge < -0.3 is 15.0 Å². The molecular weight excluding hydrogens is 442 g/mol. The minimum absolute atomic E-state index is 0.00734. The molecular formula is C24H31N3O5S. The van der Waals surface area contributed by atoms with Crippen molar-refractivity contribution in [3.8, 4) is 5.75 Å². The summed E-state index contributed by atoms with van der Waals surface area (Å²) in [7, 11) is 0.831. The van der Waals surface area contributed by atoms with E-state index in [1.807, 2.05) is 6.92 Å². The summed E-state index contributed by atoms with van der Waals surface area (Å²) in [6.07, 6.45) is 2.62. The van der Waals surface area contributed by atoms with Crippen LogP contribution in [0.15, 0.2) is 47.4 Å². The Bertz CT molecular complexity index is 1120. The van der Waals surface area contributed by atoms with Crippen molar-refractivity contribution in [2.45, 2.75) is 43.7 Å². The second-order valence-corrected chi connectivity index (χ2v) is 10.1. The summed E-state index contributed by atoms with van der Waals surface area (Å²) in [6, 6.07) is 11.4. The van der Waals surface area contributed by atoms with Crippen molar-refractivity contribution in [1.29, 1.82) is 0 Å². The first-order valence-electron chi connectivity index (χ1n) is 11.0. The highest BCUT2D eigenvalue weighted by molar-refractivity contribution is 7.89. The molecule has 1 saturated heterocycles. The summed E-state index contributed by atoms with van der Waals surface area (Å²) >= 11 is 0. The minimum Gasteiger partial charge on any atom is -0.495 e. The van der Waals surface area contributed by atoms with E-state index in [1.165, 1.54) is 28.4 Å². The van der Waals surface area contributed by atoms with Gasteiger partial charge in [-0.25, -0.2) is 8.42 Å². The standard InChI is InChI=1S/C24H31N3O5S/c1-17-7-5-6-14-27(17)33(30,31)22-15-20(12-13-21(22)32-4)24(29)26(3)16-18-8-10-19(11-9-18)23(28)25-2/h8-13,15,17H,5-7,14,16H2,1-4H3,(H,25,28). The Kier molecular flexibility index (Phi) is 7.76. The van der Waals surface area contributed by atoms with Gasteiger partial charge in [-0.15, -0.1) is 0 Å². The zero-order valence-corrected chi connectivity index (χ0v) is 20.3. The summed E-state index contributed by atoms with van der Waals surface area (Å²) in [4.78, 5) is 26.3. The van der Waals surface area contributed by atoms with Gasteiger partial charge in [0.1, 0.15) is 10.6 Å². The number of sulfonamides is 1. The van der Waals surface area contributed by atoms with E-state index in [0.717, 1.165) is 24.8 Å². The number of nitrogens with one attached hydrogen (secondary N) is 1. The SMILES string of the molecule is CNC(=O)c1ccc(CN(C)C(=O)c2ccc(OC)c(S(=O)(=O)N3CCCCC3C)c2)cc1. The largest absolute Gasteiger partial charge is 0.495 e. The third kappa shape index (κ3) is 5.36. The van der Waals surface area contributed by atoms with Crippen LogP contribution in [0.25, 0.3) is 0 Å². The molecule has 178 valence electrons. The predicted octanol–water partition coefficient (Wildman–Crippen LogP) is 2.89. The highest BCUT2D eigenvalue weighted by Gasteiger charge is 2.33. The van der Waals surface area contributed by atoms with E-state index in [2.05, 4.69) is 5.32 Å². The fourth-order valence-electron chi connectivity index (χ4n) is 4.04. The van der Waals surface area contributed by atoms with E-state index in [1.54, 1.807) is 44.4 Å². The number of benzene rings is 2. The van der Waals surface area contributed by atoms with Gasteiger partial charge >= 0.3 is 0 Å². The van der Waals surface area contributed by atoms with Gasteiger partial charge in [-0.05, 0) is 55.7 Å². The fourth-order valence-corrected chi connectivity index (χ4v) is 5.92. The Morgan fingerprint density at radius 3 is 2.39 bits per heavy atom. The number of carbonyl (C=O) groups excluding carboxylic acids is 2. The number of rotatable bonds is 7.